The fourth-order valence-electron chi connectivity index (χ4n) is 6.06. The Bertz CT molecular complexity index is 1160. The first-order valence-corrected chi connectivity index (χ1v) is 17.5. The van der Waals surface area contributed by atoms with Crippen LogP contribution in [0.5, 0.6) is 5.75 Å². The maximum atomic E-state index is 11.8. The minimum absolute atomic E-state index is 0. The van der Waals surface area contributed by atoms with Crippen molar-refractivity contribution >= 4 is 24.2 Å². The number of phenols is 1. The quantitative estimate of drug-likeness (QED) is 0.279. The topological polar surface area (TPSA) is 20.2 Å². The summed E-state index contributed by atoms with van der Waals surface area (Å²) in [6, 6.07) is 15.5. The molecule has 1 N–H and O–H groups in total. The Balaban J connectivity index is 0.00000121. The minimum atomic E-state index is -0.556. The van der Waals surface area contributed by atoms with E-state index in [0.29, 0.717) is 29.4 Å². The standard InChI is InChI=1S/C33H42O.CH3.2ClH.Ti/c1-21(2)29(27-19-24(32(3,4)5)20-28(31(27)34)33(6,7)8)30-25-17-13-12-16-23(25)18-26(30)22-14-10-9-11-15-22;;;;/h9-17,19-20,23,25-26,30,34H,18H2,1-8H3;1H3;2*1H;/q;-1;;;+2/p-2. The van der Waals surface area contributed by atoms with E-state index < -0.39 is 17.0 Å². The zero-order chi connectivity index (χ0) is 27.5. The third-order valence-electron chi connectivity index (χ3n) is 7.85. The molecule has 2 aliphatic carbocycles. The summed E-state index contributed by atoms with van der Waals surface area (Å²) in [5, 5.41) is 11.8. The molecule has 4 rings (SSSR count). The molecule has 2 aromatic rings. The van der Waals surface area contributed by atoms with E-state index in [-0.39, 0.29) is 18.3 Å². The van der Waals surface area contributed by atoms with Crippen molar-refractivity contribution in [2.45, 2.75) is 78.6 Å². The van der Waals surface area contributed by atoms with Gasteiger partial charge in [-0.05, 0) is 77.5 Å². The number of fused-ring (bicyclic) bond motifs is 1. The van der Waals surface area contributed by atoms with Crippen molar-refractivity contribution in [3.8, 4) is 5.75 Å². The number of hydrogen-bond donors (Lipinski definition) is 1. The molecule has 0 saturated heterocycles. The van der Waals surface area contributed by atoms with E-state index in [1.54, 1.807) is 0 Å². The van der Waals surface area contributed by atoms with Gasteiger partial charge in [0.25, 0.3) is 0 Å². The van der Waals surface area contributed by atoms with Crippen LogP contribution in [0.25, 0.3) is 5.57 Å². The van der Waals surface area contributed by atoms with Crippen LogP contribution in [-0.4, -0.2) is 5.11 Å². The SMILES string of the molecule is CC(C)=C(c1cc(C(C)(C)C)cc(C(C)(C)C)c1O)C1C(c2ccccc2)CC2C=CC=CC21.[CH3-].[Cl][Ti][Cl]. The first kappa shape index (κ1) is 33.0. The van der Waals surface area contributed by atoms with Gasteiger partial charge >= 0.3 is 35.6 Å². The molecule has 0 radical (unpaired) electrons. The average Bonchev–Trinajstić information content (AvgIpc) is 3.19. The molecule has 1 saturated carbocycles. The van der Waals surface area contributed by atoms with Gasteiger partial charge in [0, 0.05) is 11.1 Å². The van der Waals surface area contributed by atoms with Gasteiger partial charge in [0.15, 0.2) is 0 Å². The molecule has 2 aromatic carbocycles. The van der Waals surface area contributed by atoms with Crippen LogP contribution in [0.2, 0.25) is 0 Å². The molecule has 206 valence electrons. The fraction of sp³-hybridized carbons (Fsp3) is 0.441. The Morgan fingerprint density at radius 3 is 2.00 bits per heavy atom. The van der Waals surface area contributed by atoms with Crippen LogP contribution in [0, 0.1) is 25.2 Å². The normalized spacial score (nSPS) is 22.1. The summed E-state index contributed by atoms with van der Waals surface area (Å²) in [6.07, 6.45) is 10.4. The predicted octanol–water partition coefficient (Wildman–Crippen LogP) is 10.8. The molecule has 0 aliphatic heterocycles. The van der Waals surface area contributed by atoms with E-state index in [1.807, 2.05) is 0 Å². The summed E-state index contributed by atoms with van der Waals surface area (Å²) in [6.45, 7) is 17.9. The molecular weight excluding hydrogens is 543 g/mol. The van der Waals surface area contributed by atoms with Gasteiger partial charge in [0.05, 0.1) is 0 Å². The number of allylic oxidation sites excluding steroid dienone is 6. The Kier molecular flexibility index (Phi) is 11.6. The van der Waals surface area contributed by atoms with Crippen molar-refractivity contribution in [1.29, 1.82) is 0 Å². The first-order valence-electron chi connectivity index (χ1n) is 13.2. The van der Waals surface area contributed by atoms with Gasteiger partial charge in [-0.2, -0.15) is 0 Å². The molecule has 4 unspecified atom stereocenters. The number of hydrogen-bond acceptors (Lipinski definition) is 1. The Morgan fingerprint density at radius 1 is 0.895 bits per heavy atom. The van der Waals surface area contributed by atoms with E-state index >= 15 is 0 Å². The van der Waals surface area contributed by atoms with Crippen molar-refractivity contribution in [1.82, 2.24) is 0 Å². The first-order chi connectivity index (χ1) is 17.3. The number of phenolic OH excluding ortho intramolecular Hbond substituents is 1. The number of benzene rings is 2. The van der Waals surface area contributed by atoms with Crippen molar-refractivity contribution in [2.75, 3.05) is 0 Å². The zero-order valence-corrected chi connectivity index (χ0v) is 27.6. The van der Waals surface area contributed by atoms with Crippen LogP contribution >= 0.6 is 18.6 Å². The Labute approximate surface area is 249 Å². The van der Waals surface area contributed by atoms with Gasteiger partial charge in [0.1, 0.15) is 5.75 Å². The maximum absolute atomic E-state index is 11.8. The fourth-order valence-corrected chi connectivity index (χ4v) is 6.06. The third kappa shape index (κ3) is 7.28. The number of aromatic hydroxyl groups is 1. The predicted molar refractivity (Wildman–Crippen MR) is 164 cm³/mol. The van der Waals surface area contributed by atoms with Crippen LogP contribution in [0.1, 0.15) is 90.0 Å². The molecule has 1 fully saturated rings. The van der Waals surface area contributed by atoms with Crippen molar-refractivity contribution in [2.24, 2.45) is 17.8 Å². The van der Waals surface area contributed by atoms with Crippen LogP contribution in [-0.2, 0) is 27.9 Å². The van der Waals surface area contributed by atoms with Gasteiger partial charge in [-0.3, -0.25) is 0 Å². The third-order valence-corrected chi connectivity index (χ3v) is 7.85. The van der Waals surface area contributed by atoms with Crippen LogP contribution in [0.4, 0.5) is 0 Å². The number of rotatable bonds is 3. The second kappa shape index (κ2) is 13.4. The van der Waals surface area contributed by atoms with Gasteiger partial charge in [-0.15, -0.1) is 0 Å². The van der Waals surface area contributed by atoms with Crippen molar-refractivity contribution < 1.29 is 22.1 Å². The zero-order valence-electron chi connectivity index (χ0n) is 24.6. The summed E-state index contributed by atoms with van der Waals surface area (Å²) in [5.41, 5.74) is 7.26. The van der Waals surface area contributed by atoms with E-state index in [9.17, 15) is 5.11 Å². The Hall–Kier alpha value is -1.25. The Morgan fingerprint density at radius 2 is 1.47 bits per heavy atom. The monoisotopic (exact) mass is 587 g/mol. The van der Waals surface area contributed by atoms with Crippen LogP contribution < -0.4 is 0 Å². The second-order valence-corrected chi connectivity index (χ2v) is 15.3. The van der Waals surface area contributed by atoms with Crippen LogP contribution in [0.15, 0.2) is 72.3 Å². The molecule has 4 heteroatoms. The van der Waals surface area contributed by atoms with E-state index in [4.69, 9.17) is 18.6 Å². The second-order valence-electron chi connectivity index (χ2n) is 12.7. The molecule has 0 amide bonds. The molecule has 0 aromatic heterocycles. The van der Waals surface area contributed by atoms with Crippen molar-refractivity contribution in [3.63, 3.8) is 0 Å². The summed E-state index contributed by atoms with van der Waals surface area (Å²) < 4.78 is 0. The molecule has 0 bridgehead atoms. The molecular formula is C34H45Cl2OTi-. The van der Waals surface area contributed by atoms with E-state index in [2.05, 4.69) is 122 Å². The van der Waals surface area contributed by atoms with Gasteiger partial charge < -0.3 is 12.5 Å². The summed E-state index contributed by atoms with van der Waals surface area (Å²) >= 11 is -0.556. The summed E-state index contributed by atoms with van der Waals surface area (Å²) in [5.74, 6) is 2.18. The number of halogens is 2. The van der Waals surface area contributed by atoms with E-state index in [1.165, 1.54) is 22.3 Å². The molecule has 0 heterocycles. The van der Waals surface area contributed by atoms with Crippen LogP contribution in [0.3, 0.4) is 0 Å². The van der Waals surface area contributed by atoms with Gasteiger partial charge in [0.2, 0.25) is 0 Å². The molecule has 38 heavy (non-hydrogen) atoms. The van der Waals surface area contributed by atoms with Gasteiger partial charge in [-0.25, -0.2) is 0 Å². The summed E-state index contributed by atoms with van der Waals surface area (Å²) in [4.78, 5) is 0. The average molecular weight is 589 g/mol. The molecule has 0 spiro atoms. The molecule has 1 nitrogen and oxygen atoms in total. The van der Waals surface area contributed by atoms with Gasteiger partial charge in [-0.1, -0.05) is 108 Å². The molecule has 2 aliphatic rings. The summed E-state index contributed by atoms with van der Waals surface area (Å²) in [7, 11) is 9.78. The molecule has 4 atom stereocenters. The van der Waals surface area contributed by atoms with Crippen molar-refractivity contribution in [3.05, 3.63) is 102 Å². The van der Waals surface area contributed by atoms with E-state index in [0.717, 1.165) is 17.5 Å².